The van der Waals surface area contributed by atoms with Crippen LogP contribution in [0.1, 0.15) is 11.1 Å². The smallest absolute Gasteiger partial charge is 0.288 e. The molecular formula is C14H11F3N2O2S. The summed E-state index contributed by atoms with van der Waals surface area (Å²) < 4.78 is 37.5. The van der Waals surface area contributed by atoms with Crippen molar-refractivity contribution in [3.63, 3.8) is 0 Å². The summed E-state index contributed by atoms with van der Waals surface area (Å²) in [6, 6.07) is 4.18. The van der Waals surface area contributed by atoms with Gasteiger partial charge in [-0.3, -0.25) is 19.4 Å². The van der Waals surface area contributed by atoms with Crippen LogP contribution in [0.2, 0.25) is 0 Å². The average Bonchev–Trinajstić information content (AvgIpc) is 2.47. The van der Waals surface area contributed by atoms with Crippen molar-refractivity contribution < 1.29 is 22.8 Å². The largest absolute Gasteiger partial charge is 0.416 e. The summed E-state index contributed by atoms with van der Waals surface area (Å²) in [7, 11) is 2.85. The Labute approximate surface area is 129 Å². The first kappa shape index (κ1) is 16.2. The maximum atomic E-state index is 12.5. The molecule has 1 saturated heterocycles. The van der Waals surface area contributed by atoms with E-state index in [1.165, 1.54) is 32.3 Å². The topological polar surface area (TPSA) is 40.6 Å². The van der Waals surface area contributed by atoms with Crippen LogP contribution in [0, 0.1) is 0 Å². The fourth-order valence-corrected chi connectivity index (χ4v) is 2.08. The fraction of sp³-hybridized carbons (Fsp3) is 0.214. The van der Waals surface area contributed by atoms with Gasteiger partial charge in [0.25, 0.3) is 11.8 Å². The normalized spacial score (nSPS) is 16.4. The zero-order valence-corrected chi connectivity index (χ0v) is 12.5. The van der Waals surface area contributed by atoms with Gasteiger partial charge < -0.3 is 0 Å². The zero-order valence-electron chi connectivity index (χ0n) is 11.6. The Morgan fingerprint density at radius 1 is 1.00 bits per heavy atom. The molecule has 1 aliphatic rings. The molecule has 0 unspecified atom stereocenters. The Morgan fingerprint density at radius 2 is 1.45 bits per heavy atom. The number of alkyl halides is 3. The van der Waals surface area contributed by atoms with Gasteiger partial charge >= 0.3 is 6.18 Å². The highest BCUT2D eigenvalue weighted by Gasteiger charge is 2.35. The van der Waals surface area contributed by atoms with E-state index in [4.69, 9.17) is 12.2 Å². The lowest BCUT2D eigenvalue weighted by atomic mass is 10.1. The minimum Gasteiger partial charge on any atom is -0.288 e. The summed E-state index contributed by atoms with van der Waals surface area (Å²) in [6.07, 6.45) is -3.19. The summed E-state index contributed by atoms with van der Waals surface area (Å²) in [5, 5.41) is 0.0690. The molecule has 0 aromatic heterocycles. The van der Waals surface area contributed by atoms with Crippen LogP contribution in [0.15, 0.2) is 29.8 Å². The van der Waals surface area contributed by atoms with Gasteiger partial charge in [0.2, 0.25) is 0 Å². The standard InChI is InChI=1S/C14H11F3N2O2S/c1-18-11(20)10(12(21)19(2)13(18)22)7-8-3-5-9(6-4-8)14(15,16)17/h3-7H,1-2H3. The van der Waals surface area contributed by atoms with Gasteiger partial charge in [0, 0.05) is 14.1 Å². The molecule has 1 aromatic rings. The zero-order chi connectivity index (χ0) is 16.7. The first-order valence-corrected chi connectivity index (χ1v) is 6.53. The number of halogens is 3. The highest BCUT2D eigenvalue weighted by atomic mass is 32.1. The van der Waals surface area contributed by atoms with Crippen molar-refractivity contribution in [1.82, 2.24) is 9.80 Å². The van der Waals surface area contributed by atoms with Crippen LogP contribution >= 0.6 is 12.2 Å². The van der Waals surface area contributed by atoms with Gasteiger partial charge in [0.15, 0.2) is 5.11 Å². The quantitative estimate of drug-likeness (QED) is 0.451. The number of rotatable bonds is 1. The molecule has 0 atom stereocenters. The lowest BCUT2D eigenvalue weighted by molar-refractivity contribution is -0.137. The Kier molecular flexibility index (Phi) is 4.06. The maximum Gasteiger partial charge on any atom is 0.416 e. The van der Waals surface area contributed by atoms with Crippen LogP contribution in [0.4, 0.5) is 13.2 Å². The monoisotopic (exact) mass is 328 g/mol. The van der Waals surface area contributed by atoms with Crippen LogP contribution in [0.25, 0.3) is 6.08 Å². The third-order valence-corrected chi connectivity index (χ3v) is 3.74. The predicted molar refractivity (Wildman–Crippen MR) is 77.6 cm³/mol. The SMILES string of the molecule is CN1C(=O)C(=Cc2ccc(C(F)(F)F)cc2)C(=O)N(C)C1=S. The van der Waals surface area contributed by atoms with Gasteiger partial charge in [-0.05, 0) is 36.0 Å². The second kappa shape index (κ2) is 5.53. The number of carbonyl (C=O) groups excluding carboxylic acids is 2. The predicted octanol–water partition coefficient (Wildman–Crippen LogP) is 2.30. The van der Waals surface area contributed by atoms with Crippen molar-refractivity contribution in [3.8, 4) is 0 Å². The molecular weight excluding hydrogens is 317 g/mol. The Bertz CT molecular complexity index is 654. The lowest BCUT2D eigenvalue weighted by Gasteiger charge is -2.31. The number of benzene rings is 1. The molecule has 1 aromatic carbocycles. The third kappa shape index (κ3) is 2.87. The number of likely N-dealkylation sites (N-methyl/N-ethyl adjacent to an activating group) is 2. The molecule has 0 N–H and O–H groups in total. The highest BCUT2D eigenvalue weighted by molar-refractivity contribution is 7.80. The van der Waals surface area contributed by atoms with Crippen LogP contribution < -0.4 is 0 Å². The molecule has 4 nitrogen and oxygen atoms in total. The summed E-state index contributed by atoms with van der Waals surface area (Å²) in [5.41, 5.74) is -0.635. The Morgan fingerprint density at radius 3 is 1.86 bits per heavy atom. The summed E-state index contributed by atoms with van der Waals surface area (Å²) in [4.78, 5) is 26.4. The fourth-order valence-electron chi connectivity index (χ4n) is 1.91. The van der Waals surface area contributed by atoms with E-state index < -0.39 is 23.6 Å². The minimum atomic E-state index is -4.44. The number of thiocarbonyl (C=S) groups is 1. The molecule has 8 heteroatoms. The molecule has 1 fully saturated rings. The number of nitrogens with zero attached hydrogens (tertiary/aromatic N) is 2. The number of carbonyl (C=O) groups is 2. The van der Waals surface area contributed by atoms with Gasteiger partial charge in [-0.2, -0.15) is 13.2 Å². The van der Waals surface area contributed by atoms with Gasteiger partial charge in [-0.15, -0.1) is 0 Å². The van der Waals surface area contributed by atoms with Crippen molar-refractivity contribution in [3.05, 3.63) is 41.0 Å². The van der Waals surface area contributed by atoms with Crippen molar-refractivity contribution in [2.45, 2.75) is 6.18 Å². The van der Waals surface area contributed by atoms with E-state index in [1.807, 2.05) is 0 Å². The second-order valence-corrected chi connectivity index (χ2v) is 5.05. The maximum absolute atomic E-state index is 12.5. The van der Waals surface area contributed by atoms with Crippen LogP contribution in [0.3, 0.4) is 0 Å². The van der Waals surface area contributed by atoms with Crippen LogP contribution in [-0.2, 0) is 15.8 Å². The highest BCUT2D eigenvalue weighted by Crippen LogP contribution is 2.29. The second-order valence-electron chi connectivity index (χ2n) is 4.69. The molecule has 2 amide bonds. The Balaban J connectivity index is 2.37. The van der Waals surface area contributed by atoms with E-state index in [-0.39, 0.29) is 10.7 Å². The van der Waals surface area contributed by atoms with E-state index in [1.54, 1.807) is 0 Å². The molecule has 0 saturated carbocycles. The number of hydrogen-bond acceptors (Lipinski definition) is 3. The van der Waals surface area contributed by atoms with Crippen molar-refractivity contribution in [2.24, 2.45) is 0 Å². The summed E-state index contributed by atoms with van der Waals surface area (Å²) in [6.45, 7) is 0. The van der Waals surface area contributed by atoms with E-state index >= 15 is 0 Å². The van der Waals surface area contributed by atoms with E-state index in [0.29, 0.717) is 5.56 Å². The van der Waals surface area contributed by atoms with E-state index in [0.717, 1.165) is 21.9 Å². The third-order valence-electron chi connectivity index (χ3n) is 3.19. The van der Waals surface area contributed by atoms with Crippen LogP contribution in [0.5, 0.6) is 0 Å². The van der Waals surface area contributed by atoms with Crippen molar-refractivity contribution in [2.75, 3.05) is 14.1 Å². The molecule has 1 heterocycles. The molecule has 22 heavy (non-hydrogen) atoms. The summed E-state index contributed by atoms with van der Waals surface area (Å²) in [5.74, 6) is -1.18. The van der Waals surface area contributed by atoms with Gasteiger partial charge in [0.1, 0.15) is 5.57 Å². The van der Waals surface area contributed by atoms with E-state index in [9.17, 15) is 22.8 Å². The molecule has 116 valence electrons. The number of amides is 2. The molecule has 0 radical (unpaired) electrons. The minimum absolute atomic E-state index is 0.0690. The Hall–Kier alpha value is -2.22. The molecule has 1 aliphatic heterocycles. The molecule has 0 bridgehead atoms. The first-order valence-electron chi connectivity index (χ1n) is 6.12. The van der Waals surface area contributed by atoms with Gasteiger partial charge in [0.05, 0.1) is 5.56 Å². The molecule has 0 aliphatic carbocycles. The average molecular weight is 328 g/mol. The first-order chi connectivity index (χ1) is 10.1. The lowest BCUT2D eigenvalue weighted by Crippen LogP contribution is -2.52. The van der Waals surface area contributed by atoms with Crippen molar-refractivity contribution >= 4 is 35.2 Å². The van der Waals surface area contributed by atoms with E-state index in [2.05, 4.69) is 0 Å². The summed E-state index contributed by atoms with van der Waals surface area (Å²) >= 11 is 4.94. The molecule has 2 rings (SSSR count). The number of hydrogen-bond donors (Lipinski definition) is 0. The van der Waals surface area contributed by atoms with Crippen molar-refractivity contribution in [1.29, 1.82) is 0 Å². The molecule has 0 spiro atoms. The van der Waals surface area contributed by atoms with Gasteiger partial charge in [-0.1, -0.05) is 12.1 Å². The van der Waals surface area contributed by atoms with Crippen LogP contribution in [-0.4, -0.2) is 40.8 Å². The van der Waals surface area contributed by atoms with Gasteiger partial charge in [-0.25, -0.2) is 0 Å².